The molecule has 100 valence electrons. The summed E-state index contributed by atoms with van der Waals surface area (Å²) in [6.45, 7) is 3.75. The van der Waals surface area contributed by atoms with Gasteiger partial charge in [0, 0.05) is 5.75 Å². The van der Waals surface area contributed by atoms with Crippen molar-refractivity contribution in [2.45, 2.75) is 37.4 Å². The van der Waals surface area contributed by atoms with E-state index in [2.05, 4.69) is 26.8 Å². The molecule has 1 heterocycles. The Morgan fingerprint density at radius 2 is 2.33 bits per heavy atom. The van der Waals surface area contributed by atoms with Crippen LogP contribution in [0.15, 0.2) is 17.8 Å². The van der Waals surface area contributed by atoms with Crippen LogP contribution in [0.5, 0.6) is 0 Å². The SMILES string of the molecule is C=CCCCCCSc1nnnn1CC(=O)OC. The molecule has 0 fully saturated rings. The van der Waals surface area contributed by atoms with Gasteiger partial charge in [-0.15, -0.1) is 11.7 Å². The fourth-order valence-corrected chi connectivity index (χ4v) is 2.19. The molecule has 0 amide bonds. The number of methoxy groups -OCH3 is 1. The topological polar surface area (TPSA) is 69.9 Å². The van der Waals surface area contributed by atoms with Gasteiger partial charge in [0.05, 0.1) is 7.11 Å². The molecule has 0 aliphatic carbocycles. The average molecular weight is 270 g/mol. The fraction of sp³-hybridized carbons (Fsp3) is 0.636. The van der Waals surface area contributed by atoms with Crippen LogP contribution in [-0.4, -0.2) is 39.0 Å². The Labute approximate surface area is 111 Å². The van der Waals surface area contributed by atoms with Crippen molar-refractivity contribution in [2.24, 2.45) is 0 Å². The van der Waals surface area contributed by atoms with Crippen LogP contribution in [-0.2, 0) is 16.1 Å². The van der Waals surface area contributed by atoms with E-state index in [1.807, 2.05) is 6.08 Å². The molecule has 1 rings (SSSR count). The van der Waals surface area contributed by atoms with Gasteiger partial charge in [-0.25, -0.2) is 4.68 Å². The second-order valence-corrected chi connectivity index (χ2v) is 4.74. The molecule has 0 spiro atoms. The molecule has 1 aromatic heterocycles. The summed E-state index contributed by atoms with van der Waals surface area (Å²) < 4.78 is 6.03. The fourth-order valence-electron chi connectivity index (χ4n) is 1.32. The number of rotatable bonds is 9. The van der Waals surface area contributed by atoms with E-state index < -0.39 is 0 Å². The summed E-state index contributed by atoms with van der Waals surface area (Å²) in [6, 6.07) is 0. The van der Waals surface area contributed by atoms with E-state index in [1.54, 1.807) is 11.8 Å². The van der Waals surface area contributed by atoms with Crippen LogP contribution in [0.4, 0.5) is 0 Å². The lowest BCUT2D eigenvalue weighted by molar-refractivity contribution is -0.141. The minimum absolute atomic E-state index is 0.0578. The molecule has 0 unspecified atom stereocenters. The van der Waals surface area contributed by atoms with Crippen molar-refractivity contribution >= 4 is 17.7 Å². The van der Waals surface area contributed by atoms with Gasteiger partial charge in [0.25, 0.3) is 0 Å². The minimum atomic E-state index is -0.352. The predicted octanol–water partition coefficient (Wildman–Crippen LogP) is 1.68. The summed E-state index contributed by atoms with van der Waals surface area (Å²) in [6.07, 6.45) is 6.42. The molecule has 0 aromatic carbocycles. The number of allylic oxidation sites excluding steroid dienone is 1. The Morgan fingerprint density at radius 3 is 3.06 bits per heavy atom. The molecule has 0 saturated carbocycles. The summed E-state index contributed by atoms with van der Waals surface area (Å²) in [5.74, 6) is 0.591. The number of thioether (sulfide) groups is 1. The number of carbonyl (C=O) groups is 1. The molecule has 0 atom stereocenters. The van der Waals surface area contributed by atoms with Crippen molar-refractivity contribution in [3.63, 3.8) is 0 Å². The van der Waals surface area contributed by atoms with E-state index in [-0.39, 0.29) is 12.5 Å². The van der Waals surface area contributed by atoms with Crippen LogP contribution in [0.25, 0.3) is 0 Å². The van der Waals surface area contributed by atoms with Crippen molar-refractivity contribution in [1.82, 2.24) is 20.2 Å². The number of aromatic nitrogens is 4. The summed E-state index contributed by atoms with van der Waals surface area (Å²) in [5.41, 5.74) is 0. The average Bonchev–Trinajstić information content (AvgIpc) is 2.81. The maximum Gasteiger partial charge on any atom is 0.327 e. The van der Waals surface area contributed by atoms with E-state index in [0.717, 1.165) is 31.4 Å². The van der Waals surface area contributed by atoms with E-state index in [4.69, 9.17) is 0 Å². The molecule has 18 heavy (non-hydrogen) atoms. The van der Waals surface area contributed by atoms with Crippen molar-refractivity contribution in [1.29, 1.82) is 0 Å². The molecule has 6 nitrogen and oxygen atoms in total. The first kappa shape index (κ1) is 14.7. The van der Waals surface area contributed by atoms with Crippen LogP contribution in [0.3, 0.4) is 0 Å². The largest absolute Gasteiger partial charge is 0.468 e. The van der Waals surface area contributed by atoms with Gasteiger partial charge in [-0.2, -0.15) is 0 Å². The highest BCUT2D eigenvalue weighted by Gasteiger charge is 2.10. The van der Waals surface area contributed by atoms with Gasteiger partial charge < -0.3 is 4.74 Å². The summed E-state index contributed by atoms with van der Waals surface area (Å²) in [7, 11) is 1.35. The zero-order valence-corrected chi connectivity index (χ0v) is 11.4. The van der Waals surface area contributed by atoms with Gasteiger partial charge in [-0.3, -0.25) is 4.79 Å². The summed E-state index contributed by atoms with van der Waals surface area (Å²) >= 11 is 1.56. The molecule has 0 N–H and O–H groups in total. The van der Waals surface area contributed by atoms with Crippen LogP contribution >= 0.6 is 11.8 Å². The van der Waals surface area contributed by atoms with Crippen LogP contribution in [0.2, 0.25) is 0 Å². The zero-order chi connectivity index (χ0) is 13.2. The lowest BCUT2D eigenvalue weighted by Crippen LogP contribution is -2.13. The Balaban J connectivity index is 2.27. The minimum Gasteiger partial charge on any atom is -0.468 e. The van der Waals surface area contributed by atoms with Gasteiger partial charge >= 0.3 is 5.97 Å². The monoisotopic (exact) mass is 270 g/mol. The molecular weight excluding hydrogens is 252 g/mol. The Hall–Kier alpha value is -1.37. The van der Waals surface area contributed by atoms with Crippen LogP contribution in [0, 0.1) is 0 Å². The number of ether oxygens (including phenoxy) is 1. The maximum atomic E-state index is 11.1. The highest BCUT2D eigenvalue weighted by atomic mass is 32.2. The van der Waals surface area contributed by atoms with E-state index in [9.17, 15) is 4.79 Å². The van der Waals surface area contributed by atoms with Crippen LogP contribution in [0.1, 0.15) is 25.7 Å². The van der Waals surface area contributed by atoms with Crippen molar-refractivity contribution in [2.75, 3.05) is 12.9 Å². The molecule has 0 radical (unpaired) electrons. The molecule has 7 heteroatoms. The predicted molar refractivity (Wildman–Crippen MR) is 69.2 cm³/mol. The molecule has 0 aliphatic rings. The van der Waals surface area contributed by atoms with E-state index >= 15 is 0 Å². The third-order valence-electron chi connectivity index (χ3n) is 2.29. The standard InChI is InChI=1S/C11H18N4O2S/c1-3-4-5-6-7-8-18-11-12-13-14-15(11)9-10(16)17-2/h3H,1,4-9H2,2H3. The maximum absolute atomic E-state index is 11.1. The van der Waals surface area contributed by atoms with Gasteiger partial charge in [-0.1, -0.05) is 24.3 Å². The van der Waals surface area contributed by atoms with Gasteiger partial charge in [0.15, 0.2) is 0 Å². The summed E-state index contributed by atoms with van der Waals surface area (Å²) in [5, 5.41) is 11.8. The molecule has 1 aromatic rings. The van der Waals surface area contributed by atoms with Crippen molar-refractivity contribution in [3.8, 4) is 0 Å². The number of esters is 1. The lowest BCUT2D eigenvalue weighted by atomic mass is 10.2. The molecular formula is C11H18N4O2S. The Kier molecular flexibility index (Phi) is 7.09. The number of tetrazole rings is 1. The highest BCUT2D eigenvalue weighted by Crippen LogP contribution is 2.16. The number of hydrogen-bond donors (Lipinski definition) is 0. The second kappa shape index (κ2) is 8.68. The number of nitrogens with zero attached hydrogens (tertiary/aromatic N) is 4. The van der Waals surface area contributed by atoms with Gasteiger partial charge in [0.2, 0.25) is 5.16 Å². The lowest BCUT2D eigenvalue weighted by Gasteiger charge is -2.02. The van der Waals surface area contributed by atoms with E-state index in [1.165, 1.54) is 11.8 Å². The number of hydrogen-bond acceptors (Lipinski definition) is 6. The van der Waals surface area contributed by atoms with Gasteiger partial charge in [0.1, 0.15) is 6.54 Å². The van der Waals surface area contributed by atoms with Crippen molar-refractivity contribution < 1.29 is 9.53 Å². The molecule has 0 bridgehead atoms. The number of unbranched alkanes of at least 4 members (excludes halogenated alkanes) is 3. The Morgan fingerprint density at radius 1 is 1.50 bits per heavy atom. The quantitative estimate of drug-likeness (QED) is 0.294. The first-order chi connectivity index (χ1) is 8.77. The third-order valence-corrected chi connectivity index (χ3v) is 3.33. The van der Waals surface area contributed by atoms with Crippen LogP contribution < -0.4 is 0 Å². The number of carbonyl (C=O) groups excluding carboxylic acids is 1. The summed E-state index contributed by atoms with van der Waals surface area (Å²) in [4.78, 5) is 11.1. The highest BCUT2D eigenvalue weighted by molar-refractivity contribution is 7.99. The van der Waals surface area contributed by atoms with Crippen molar-refractivity contribution in [3.05, 3.63) is 12.7 Å². The first-order valence-electron chi connectivity index (χ1n) is 5.84. The first-order valence-corrected chi connectivity index (χ1v) is 6.83. The zero-order valence-electron chi connectivity index (χ0n) is 10.5. The second-order valence-electron chi connectivity index (χ2n) is 3.68. The Bertz CT molecular complexity index is 381. The smallest absolute Gasteiger partial charge is 0.327 e. The molecule has 0 saturated heterocycles. The van der Waals surface area contributed by atoms with Gasteiger partial charge in [-0.05, 0) is 29.7 Å². The normalized spacial score (nSPS) is 10.3. The molecule has 0 aliphatic heterocycles. The third kappa shape index (κ3) is 5.31. The van der Waals surface area contributed by atoms with E-state index in [0.29, 0.717) is 5.16 Å².